The highest BCUT2D eigenvalue weighted by Gasteiger charge is 2.21. The van der Waals surface area contributed by atoms with Gasteiger partial charge < -0.3 is 4.57 Å². The third kappa shape index (κ3) is 3.25. The molecule has 0 fully saturated rings. The molecule has 0 saturated heterocycles. The Hall–Kier alpha value is -5.67. The van der Waals surface area contributed by atoms with Gasteiger partial charge in [-0.15, -0.1) is 0 Å². The van der Waals surface area contributed by atoms with Crippen LogP contribution in [0.3, 0.4) is 0 Å². The molecule has 3 nitrogen and oxygen atoms in total. The van der Waals surface area contributed by atoms with E-state index in [4.69, 9.17) is 4.98 Å². The van der Waals surface area contributed by atoms with Gasteiger partial charge in [-0.2, -0.15) is 0 Å². The Morgan fingerprint density at radius 2 is 1.14 bits per heavy atom. The van der Waals surface area contributed by atoms with Crippen LogP contribution in [0.15, 0.2) is 152 Å². The molecule has 6 aromatic carbocycles. The molecule has 0 atom stereocenters. The summed E-state index contributed by atoms with van der Waals surface area (Å²) in [6, 6.07) is 52.3. The van der Waals surface area contributed by atoms with Gasteiger partial charge in [0.25, 0.3) is 0 Å². The molecule has 0 amide bonds. The SMILES string of the molecule is c1ccc(-n2c3ncccc3c3cccc(-c4cccc5c4c4ccccc4n5-c4ccc5ccccc5c4)c32)cc1. The number of fused-ring (bicyclic) bond motifs is 7. The van der Waals surface area contributed by atoms with Crippen LogP contribution >= 0.6 is 0 Å². The fraction of sp³-hybridized carbons (Fsp3) is 0. The zero-order valence-electron chi connectivity index (χ0n) is 22.8. The molecule has 0 radical (unpaired) electrons. The molecule has 196 valence electrons. The smallest absolute Gasteiger partial charge is 0.145 e. The third-order valence-corrected chi connectivity index (χ3v) is 8.54. The van der Waals surface area contributed by atoms with Crippen LogP contribution in [0.5, 0.6) is 0 Å². The summed E-state index contributed by atoms with van der Waals surface area (Å²) in [6.45, 7) is 0. The summed E-state index contributed by atoms with van der Waals surface area (Å²) in [6.07, 6.45) is 1.89. The molecule has 3 heterocycles. The van der Waals surface area contributed by atoms with Gasteiger partial charge in [-0.3, -0.25) is 4.57 Å². The molecule has 42 heavy (non-hydrogen) atoms. The average Bonchev–Trinajstić information content (AvgIpc) is 3.58. The first-order valence-corrected chi connectivity index (χ1v) is 14.3. The van der Waals surface area contributed by atoms with Crippen molar-refractivity contribution in [1.29, 1.82) is 0 Å². The fourth-order valence-electron chi connectivity index (χ4n) is 6.78. The standard InChI is InChI=1S/C39H25N3/c1-2-13-28(14-3-1)42-38-31(17-8-18-32(38)33-19-10-24-40-39(33)42)30-16-9-21-36-37(30)34-15-6-7-20-35(34)41(36)29-23-22-26-11-4-5-12-27(26)25-29/h1-25H. The Morgan fingerprint density at radius 3 is 2.07 bits per heavy atom. The summed E-state index contributed by atoms with van der Waals surface area (Å²) in [7, 11) is 0. The van der Waals surface area contributed by atoms with Crippen LogP contribution in [-0.4, -0.2) is 14.1 Å². The monoisotopic (exact) mass is 535 g/mol. The van der Waals surface area contributed by atoms with E-state index in [0.717, 1.165) is 22.4 Å². The molecule has 0 N–H and O–H groups in total. The molecule has 0 aliphatic rings. The topological polar surface area (TPSA) is 22.8 Å². The lowest BCUT2D eigenvalue weighted by Crippen LogP contribution is -1.97. The molecule has 9 rings (SSSR count). The van der Waals surface area contributed by atoms with Crippen LogP contribution < -0.4 is 0 Å². The largest absolute Gasteiger partial charge is 0.309 e. The summed E-state index contributed by atoms with van der Waals surface area (Å²) in [5, 5.41) is 7.34. The lowest BCUT2D eigenvalue weighted by Gasteiger charge is -2.13. The van der Waals surface area contributed by atoms with Crippen LogP contribution in [0.1, 0.15) is 0 Å². The molecule has 0 aliphatic carbocycles. The normalized spacial score (nSPS) is 11.8. The van der Waals surface area contributed by atoms with E-state index in [-0.39, 0.29) is 0 Å². The van der Waals surface area contributed by atoms with E-state index in [1.54, 1.807) is 0 Å². The lowest BCUT2D eigenvalue weighted by molar-refractivity contribution is 1.14. The number of aromatic nitrogens is 3. The highest BCUT2D eigenvalue weighted by atomic mass is 15.0. The highest BCUT2D eigenvalue weighted by molar-refractivity contribution is 6.20. The number of rotatable bonds is 3. The number of hydrogen-bond donors (Lipinski definition) is 0. The van der Waals surface area contributed by atoms with E-state index in [0.29, 0.717) is 0 Å². The van der Waals surface area contributed by atoms with E-state index in [1.807, 2.05) is 12.3 Å². The minimum absolute atomic E-state index is 0.969. The van der Waals surface area contributed by atoms with Crippen molar-refractivity contribution in [3.8, 4) is 22.5 Å². The van der Waals surface area contributed by atoms with Crippen molar-refractivity contribution in [2.24, 2.45) is 0 Å². The first kappa shape index (κ1) is 23.1. The van der Waals surface area contributed by atoms with Crippen molar-refractivity contribution < 1.29 is 0 Å². The second-order valence-corrected chi connectivity index (χ2v) is 10.8. The second-order valence-electron chi connectivity index (χ2n) is 10.8. The van der Waals surface area contributed by atoms with Crippen molar-refractivity contribution in [2.45, 2.75) is 0 Å². The summed E-state index contributed by atoms with van der Waals surface area (Å²) < 4.78 is 4.73. The van der Waals surface area contributed by atoms with Crippen molar-refractivity contribution in [2.75, 3.05) is 0 Å². The van der Waals surface area contributed by atoms with Gasteiger partial charge >= 0.3 is 0 Å². The third-order valence-electron chi connectivity index (χ3n) is 8.54. The minimum Gasteiger partial charge on any atom is -0.309 e. The molecule has 3 heteroatoms. The van der Waals surface area contributed by atoms with E-state index in [2.05, 4.69) is 149 Å². The number of hydrogen-bond acceptors (Lipinski definition) is 1. The highest BCUT2D eigenvalue weighted by Crippen LogP contribution is 2.43. The number of nitrogens with zero attached hydrogens (tertiary/aromatic N) is 3. The maximum Gasteiger partial charge on any atom is 0.145 e. The van der Waals surface area contributed by atoms with Crippen molar-refractivity contribution in [3.05, 3.63) is 152 Å². The first-order chi connectivity index (χ1) is 20.9. The zero-order valence-corrected chi connectivity index (χ0v) is 22.8. The average molecular weight is 536 g/mol. The summed E-state index contributed by atoms with van der Waals surface area (Å²) in [4.78, 5) is 4.87. The van der Waals surface area contributed by atoms with Crippen LogP contribution in [-0.2, 0) is 0 Å². The Kier molecular flexibility index (Phi) is 4.90. The predicted molar refractivity (Wildman–Crippen MR) is 176 cm³/mol. The predicted octanol–water partition coefficient (Wildman–Crippen LogP) is 10.1. The van der Waals surface area contributed by atoms with Gasteiger partial charge in [0, 0.05) is 44.7 Å². The summed E-state index contributed by atoms with van der Waals surface area (Å²) in [5.74, 6) is 0. The molecule has 0 saturated carbocycles. The van der Waals surface area contributed by atoms with E-state index < -0.39 is 0 Å². The quantitative estimate of drug-likeness (QED) is 0.221. The Labute approximate surface area is 242 Å². The van der Waals surface area contributed by atoms with E-state index in [1.165, 1.54) is 54.6 Å². The fourth-order valence-corrected chi connectivity index (χ4v) is 6.78. The van der Waals surface area contributed by atoms with E-state index >= 15 is 0 Å². The maximum atomic E-state index is 4.87. The number of para-hydroxylation sites is 3. The van der Waals surface area contributed by atoms with Gasteiger partial charge in [-0.1, -0.05) is 97.1 Å². The lowest BCUT2D eigenvalue weighted by atomic mass is 9.97. The van der Waals surface area contributed by atoms with Gasteiger partial charge in [-0.25, -0.2) is 4.98 Å². The van der Waals surface area contributed by atoms with Crippen molar-refractivity contribution in [1.82, 2.24) is 14.1 Å². The molecule has 0 aliphatic heterocycles. The summed E-state index contributed by atoms with van der Waals surface area (Å²) in [5.41, 5.74) is 9.22. The van der Waals surface area contributed by atoms with Gasteiger partial charge in [0.15, 0.2) is 0 Å². The van der Waals surface area contributed by atoms with Gasteiger partial charge in [0.05, 0.1) is 16.6 Å². The Bertz CT molecular complexity index is 2460. The molecule has 0 bridgehead atoms. The molecule has 9 aromatic rings. The van der Waals surface area contributed by atoms with Crippen molar-refractivity contribution >= 4 is 54.5 Å². The second kappa shape index (κ2) is 8.92. The number of benzene rings is 6. The molecular formula is C39H25N3. The number of pyridine rings is 1. The van der Waals surface area contributed by atoms with Crippen LogP contribution in [0.4, 0.5) is 0 Å². The van der Waals surface area contributed by atoms with Crippen LogP contribution in [0.25, 0.3) is 77.0 Å². The Balaban J connectivity index is 1.41. The Morgan fingerprint density at radius 1 is 0.429 bits per heavy atom. The van der Waals surface area contributed by atoms with Gasteiger partial charge in [-0.05, 0) is 64.9 Å². The van der Waals surface area contributed by atoms with Crippen LogP contribution in [0.2, 0.25) is 0 Å². The first-order valence-electron chi connectivity index (χ1n) is 14.3. The zero-order chi connectivity index (χ0) is 27.6. The molecule has 3 aromatic heterocycles. The van der Waals surface area contributed by atoms with E-state index in [9.17, 15) is 0 Å². The van der Waals surface area contributed by atoms with Crippen molar-refractivity contribution in [3.63, 3.8) is 0 Å². The van der Waals surface area contributed by atoms with Gasteiger partial charge in [0.2, 0.25) is 0 Å². The minimum atomic E-state index is 0.969. The molecule has 0 unspecified atom stereocenters. The van der Waals surface area contributed by atoms with Crippen LogP contribution in [0, 0.1) is 0 Å². The molecular weight excluding hydrogens is 510 g/mol. The van der Waals surface area contributed by atoms with Gasteiger partial charge in [0.1, 0.15) is 5.65 Å². The molecule has 0 spiro atoms. The maximum absolute atomic E-state index is 4.87. The summed E-state index contributed by atoms with van der Waals surface area (Å²) >= 11 is 0.